The lowest BCUT2D eigenvalue weighted by Gasteiger charge is -2.28. The van der Waals surface area contributed by atoms with Crippen LogP contribution in [-0.4, -0.2) is 4.98 Å². The maximum absolute atomic E-state index is 4.96. The van der Waals surface area contributed by atoms with Crippen molar-refractivity contribution >= 4 is 38.6 Å². The first kappa shape index (κ1) is 25.7. The zero-order valence-corrected chi connectivity index (χ0v) is 25.0. The Kier molecular flexibility index (Phi) is 6.02. The summed E-state index contributed by atoms with van der Waals surface area (Å²) in [5.41, 5.74) is 13.4. The fourth-order valence-corrected chi connectivity index (χ4v) is 7.47. The third kappa shape index (κ3) is 4.36. The summed E-state index contributed by atoms with van der Waals surface area (Å²) in [6.45, 7) is 4.68. The van der Waals surface area contributed by atoms with Crippen molar-refractivity contribution in [3.8, 4) is 32.8 Å². The number of nitrogens with zero attached hydrogens (tertiary/aromatic N) is 2. The van der Waals surface area contributed by atoms with E-state index in [-0.39, 0.29) is 5.41 Å². The minimum Gasteiger partial charge on any atom is -0.310 e. The third-order valence-electron chi connectivity index (χ3n) is 8.71. The molecule has 206 valence electrons. The molecule has 0 spiro atoms. The Morgan fingerprint density at radius 1 is 0.512 bits per heavy atom. The van der Waals surface area contributed by atoms with Crippen molar-refractivity contribution in [2.45, 2.75) is 19.3 Å². The number of thiazole rings is 1. The number of aromatic nitrogens is 1. The van der Waals surface area contributed by atoms with E-state index in [1.807, 2.05) is 6.07 Å². The van der Waals surface area contributed by atoms with Crippen LogP contribution in [0.2, 0.25) is 0 Å². The van der Waals surface area contributed by atoms with E-state index in [1.165, 1.54) is 38.1 Å². The predicted octanol–water partition coefficient (Wildman–Crippen LogP) is 11.4. The van der Waals surface area contributed by atoms with Gasteiger partial charge in [-0.3, -0.25) is 0 Å². The van der Waals surface area contributed by atoms with Gasteiger partial charge in [-0.1, -0.05) is 117 Å². The van der Waals surface area contributed by atoms with Gasteiger partial charge in [-0.15, -0.1) is 11.3 Å². The van der Waals surface area contributed by atoms with Crippen molar-refractivity contribution in [1.82, 2.24) is 4.98 Å². The summed E-state index contributed by atoms with van der Waals surface area (Å²) in [6, 6.07) is 52.4. The quantitative estimate of drug-likeness (QED) is 0.205. The molecule has 0 atom stereocenters. The van der Waals surface area contributed by atoms with E-state index in [4.69, 9.17) is 4.98 Å². The van der Waals surface area contributed by atoms with E-state index in [2.05, 4.69) is 158 Å². The molecule has 8 rings (SSSR count). The number of fused-ring (bicyclic) bond motifs is 4. The molecule has 0 bridgehead atoms. The maximum Gasteiger partial charge on any atom is 0.124 e. The third-order valence-corrected chi connectivity index (χ3v) is 9.78. The molecule has 0 N–H and O–H groups in total. The first-order valence-electron chi connectivity index (χ1n) is 14.7. The van der Waals surface area contributed by atoms with Crippen molar-refractivity contribution in [2.75, 3.05) is 4.90 Å². The second-order valence-corrected chi connectivity index (χ2v) is 12.7. The lowest BCUT2D eigenvalue weighted by atomic mass is 9.82. The first-order valence-corrected chi connectivity index (χ1v) is 15.5. The molecule has 1 heterocycles. The summed E-state index contributed by atoms with van der Waals surface area (Å²) in [7, 11) is 0. The van der Waals surface area contributed by atoms with Crippen LogP contribution >= 0.6 is 11.3 Å². The summed E-state index contributed by atoms with van der Waals surface area (Å²) in [5.74, 6) is 0. The fourth-order valence-electron chi connectivity index (χ4n) is 6.47. The van der Waals surface area contributed by atoms with E-state index in [0.717, 1.165) is 33.1 Å². The molecule has 3 heteroatoms. The molecule has 0 radical (unpaired) electrons. The van der Waals surface area contributed by atoms with Gasteiger partial charge < -0.3 is 4.90 Å². The molecule has 0 saturated carbocycles. The number of hydrogen-bond donors (Lipinski definition) is 0. The topological polar surface area (TPSA) is 16.1 Å². The van der Waals surface area contributed by atoms with Crippen molar-refractivity contribution in [1.29, 1.82) is 0 Å². The highest BCUT2D eigenvalue weighted by Gasteiger charge is 2.35. The molecular weight excluding hydrogens is 541 g/mol. The van der Waals surface area contributed by atoms with Gasteiger partial charge >= 0.3 is 0 Å². The highest BCUT2D eigenvalue weighted by atomic mass is 32.1. The Morgan fingerprint density at radius 3 is 1.86 bits per heavy atom. The van der Waals surface area contributed by atoms with Crippen LogP contribution in [0.15, 0.2) is 146 Å². The van der Waals surface area contributed by atoms with Crippen molar-refractivity contribution < 1.29 is 0 Å². The molecule has 0 unspecified atom stereocenters. The van der Waals surface area contributed by atoms with Crippen molar-refractivity contribution in [3.05, 3.63) is 157 Å². The van der Waals surface area contributed by atoms with Crippen LogP contribution in [0.1, 0.15) is 25.0 Å². The number of benzene rings is 6. The highest BCUT2D eigenvalue weighted by Crippen LogP contribution is 2.50. The Labute approximate surface area is 256 Å². The van der Waals surface area contributed by atoms with Crippen LogP contribution < -0.4 is 4.90 Å². The molecule has 1 aliphatic rings. The molecule has 0 saturated heterocycles. The first-order chi connectivity index (χ1) is 21.1. The zero-order valence-electron chi connectivity index (χ0n) is 24.2. The molecule has 43 heavy (non-hydrogen) atoms. The predicted molar refractivity (Wildman–Crippen MR) is 183 cm³/mol. The fraction of sp³-hybridized carbons (Fsp3) is 0.0750. The molecule has 6 aromatic carbocycles. The van der Waals surface area contributed by atoms with E-state index in [0.29, 0.717) is 0 Å². The average molecular weight is 571 g/mol. The standard InChI is InChI=1S/C40H30N2S/c1-40(2)35-16-10-9-15-33(35)34-23-21-31(25-36(34)40)42(30-19-17-28(18-20-30)27-11-5-3-6-12-27)32-22-24-37-38(26-32)43-39(41-37)29-13-7-4-8-14-29/h3-26H,1-2H3. The van der Waals surface area contributed by atoms with Crippen LogP contribution in [0.3, 0.4) is 0 Å². The van der Waals surface area contributed by atoms with Crippen LogP contribution in [-0.2, 0) is 5.41 Å². The summed E-state index contributed by atoms with van der Waals surface area (Å²) in [4.78, 5) is 7.35. The Hall–Kier alpha value is -4.99. The normalized spacial score (nSPS) is 13.1. The van der Waals surface area contributed by atoms with Gasteiger partial charge in [0.25, 0.3) is 0 Å². The minimum atomic E-state index is -0.0724. The smallest absolute Gasteiger partial charge is 0.124 e. The average Bonchev–Trinajstić information content (AvgIpc) is 3.59. The monoisotopic (exact) mass is 570 g/mol. The van der Waals surface area contributed by atoms with Gasteiger partial charge in [0.2, 0.25) is 0 Å². The van der Waals surface area contributed by atoms with E-state index >= 15 is 0 Å². The SMILES string of the molecule is CC1(C)c2ccccc2-c2ccc(N(c3ccc(-c4ccccc4)cc3)c3ccc4nc(-c5ccccc5)sc4c3)cc21. The second-order valence-electron chi connectivity index (χ2n) is 11.7. The van der Waals surface area contributed by atoms with Gasteiger partial charge in [0.1, 0.15) is 5.01 Å². The maximum atomic E-state index is 4.96. The summed E-state index contributed by atoms with van der Waals surface area (Å²) in [6.07, 6.45) is 0. The van der Waals surface area contributed by atoms with Crippen LogP contribution in [0.4, 0.5) is 17.1 Å². The van der Waals surface area contributed by atoms with Gasteiger partial charge in [-0.05, 0) is 75.8 Å². The number of hydrogen-bond acceptors (Lipinski definition) is 3. The van der Waals surface area contributed by atoms with E-state index < -0.39 is 0 Å². The molecule has 1 aliphatic carbocycles. The van der Waals surface area contributed by atoms with Crippen LogP contribution in [0.25, 0.3) is 43.0 Å². The van der Waals surface area contributed by atoms with Crippen LogP contribution in [0, 0.1) is 0 Å². The summed E-state index contributed by atoms with van der Waals surface area (Å²) in [5, 5.41) is 1.04. The lowest BCUT2D eigenvalue weighted by Crippen LogP contribution is -2.16. The number of anilines is 3. The lowest BCUT2D eigenvalue weighted by molar-refractivity contribution is 0.660. The molecule has 0 amide bonds. The highest BCUT2D eigenvalue weighted by molar-refractivity contribution is 7.21. The van der Waals surface area contributed by atoms with E-state index in [9.17, 15) is 0 Å². The van der Waals surface area contributed by atoms with Gasteiger partial charge in [-0.25, -0.2) is 4.98 Å². The van der Waals surface area contributed by atoms with Crippen molar-refractivity contribution in [3.63, 3.8) is 0 Å². The summed E-state index contributed by atoms with van der Waals surface area (Å²) < 4.78 is 1.18. The van der Waals surface area contributed by atoms with Crippen molar-refractivity contribution in [2.24, 2.45) is 0 Å². The molecule has 7 aromatic rings. The molecule has 0 aliphatic heterocycles. The van der Waals surface area contributed by atoms with Gasteiger partial charge in [0.15, 0.2) is 0 Å². The van der Waals surface area contributed by atoms with Crippen LogP contribution in [0.5, 0.6) is 0 Å². The molecule has 0 fully saturated rings. The Bertz CT molecular complexity index is 2090. The molecular formula is C40H30N2S. The summed E-state index contributed by atoms with van der Waals surface area (Å²) >= 11 is 1.75. The Balaban J connectivity index is 1.27. The van der Waals surface area contributed by atoms with Gasteiger partial charge in [0.05, 0.1) is 10.2 Å². The van der Waals surface area contributed by atoms with Gasteiger partial charge in [0, 0.05) is 28.0 Å². The van der Waals surface area contributed by atoms with E-state index in [1.54, 1.807) is 11.3 Å². The second kappa shape index (κ2) is 10.1. The Morgan fingerprint density at radius 2 is 1.09 bits per heavy atom. The zero-order chi connectivity index (χ0) is 29.0. The minimum absolute atomic E-state index is 0.0724. The molecule has 1 aromatic heterocycles. The number of rotatable bonds is 5. The van der Waals surface area contributed by atoms with Gasteiger partial charge in [-0.2, -0.15) is 0 Å². The largest absolute Gasteiger partial charge is 0.310 e. The molecule has 2 nitrogen and oxygen atoms in total.